The minimum absolute atomic E-state index is 0.727. The number of H-pyrrole nitrogens is 1. The van der Waals surface area contributed by atoms with Crippen LogP contribution < -0.4 is 5.73 Å². The number of nitrogens with zero attached hydrogens (tertiary/aromatic N) is 1. The molecule has 1 heterocycles. The monoisotopic (exact) mass is 233 g/mol. The Morgan fingerprint density at radius 1 is 1.35 bits per heavy atom. The van der Waals surface area contributed by atoms with Gasteiger partial charge in [-0.05, 0) is 49.9 Å². The number of aromatic nitrogens is 2. The molecule has 0 spiro atoms. The second-order valence-corrected chi connectivity index (χ2v) is 5.96. The van der Waals surface area contributed by atoms with Crippen LogP contribution in [-0.2, 0) is 12.8 Å². The fourth-order valence-corrected chi connectivity index (χ4v) is 4.00. The molecule has 2 saturated carbocycles. The number of nitrogens with one attached hydrogen (secondary N) is 1. The first-order valence-electron chi connectivity index (χ1n) is 7.09. The highest BCUT2D eigenvalue weighted by atomic mass is 15.2. The van der Waals surface area contributed by atoms with E-state index in [0.717, 1.165) is 36.4 Å². The molecule has 2 bridgehead atoms. The fraction of sp³-hybridized carbons (Fsp3) is 0.786. The molecule has 17 heavy (non-hydrogen) atoms. The molecule has 3 rings (SSSR count). The molecule has 3 N–H and O–H groups in total. The van der Waals surface area contributed by atoms with E-state index in [9.17, 15) is 0 Å². The highest BCUT2D eigenvalue weighted by Crippen LogP contribution is 2.49. The molecule has 0 aliphatic heterocycles. The third-order valence-corrected chi connectivity index (χ3v) is 4.84. The van der Waals surface area contributed by atoms with Crippen molar-refractivity contribution in [3.63, 3.8) is 0 Å². The number of anilines is 1. The van der Waals surface area contributed by atoms with Crippen LogP contribution in [0.1, 0.15) is 50.3 Å². The molecule has 1 aromatic heterocycles. The summed E-state index contributed by atoms with van der Waals surface area (Å²) < 4.78 is 0. The fourth-order valence-electron chi connectivity index (χ4n) is 4.00. The van der Waals surface area contributed by atoms with E-state index < -0.39 is 0 Å². The topological polar surface area (TPSA) is 54.7 Å². The normalized spacial score (nSPS) is 31.2. The summed E-state index contributed by atoms with van der Waals surface area (Å²) in [6.07, 6.45) is 9.26. The lowest BCUT2D eigenvalue weighted by Crippen LogP contribution is -2.14. The largest absolute Gasteiger partial charge is 0.382 e. The van der Waals surface area contributed by atoms with Gasteiger partial charge in [0, 0.05) is 11.3 Å². The molecular weight excluding hydrogens is 210 g/mol. The molecule has 3 nitrogen and oxygen atoms in total. The van der Waals surface area contributed by atoms with Crippen molar-refractivity contribution in [3.05, 3.63) is 11.3 Å². The molecular formula is C14H23N3. The first-order chi connectivity index (χ1) is 8.28. The molecule has 2 aliphatic rings. The van der Waals surface area contributed by atoms with E-state index in [-0.39, 0.29) is 0 Å². The van der Waals surface area contributed by atoms with E-state index in [2.05, 4.69) is 17.1 Å². The maximum atomic E-state index is 5.94. The van der Waals surface area contributed by atoms with Crippen LogP contribution >= 0.6 is 0 Å². The van der Waals surface area contributed by atoms with Crippen molar-refractivity contribution in [3.8, 4) is 0 Å². The Morgan fingerprint density at radius 3 is 2.88 bits per heavy atom. The smallest absolute Gasteiger partial charge is 0.148 e. The van der Waals surface area contributed by atoms with Crippen LogP contribution in [0.2, 0.25) is 0 Å². The predicted octanol–water partition coefficient (Wildman–Crippen LogP) is 2.92. The van der Waals surface area contributed by atoms with Crippen molar-refractivity contribution in [1.29, 1.82) is 0 Å². The van der Waals surface area contributed by atoms with Gasteiger partial charge in [0.05, 0.1) is 0 Å². The van der Waals surface area contributed by atoms with Crippen molar-refractivity contribution in [2.45, 2.75) is 51.9 Å². The van der Waals surface area contributed by atoms with Gasteiger partial charge in [0.1, 0.15) is 5.82 Å². The average Bonchev–Trinajstić information content (AvgIpc) is 3.00. The van der Waals surface area contributed by atoms with Crippen LogP contribution in [0.25, 0.3) is 0 Å². The summed E-state index contributed by atoms with van der Waals surface area (Å²) in [6.45, 7) is 2.20. The molecule has 2 fully saturated rings. The molecule has 1 aromatic rings. The number of fused-ring (bicyclic) bond motifs is 2. The van der Waals surface area contributed by atoms with Crippen molar-refractivity contribution >= 4 is 5.82 Å². The summed E-state index contributed by atoms with van der Waals surface area (Å²) in [7, 11) is 0. The molecule has 0 saturated heterocycles. The van der Waals surface area contributed by atoms with Gasteiger partial charge in [-0.15, -0.1) is 0 Å². The summed E-state index contributed by atoms with van der Waals surface area (Å²) in [4.78, 5) is 0. The van der Waals surface area contributed by atoms with Crippen molar-refractivity contribution in [2.24, 2.45) is 17.8 Å². The summed E-state index contributed by atoms with van der Waals surface area (Å²) in [6, 6.07) is 0. The number of nitrogens with two attached hydrogens (primary N) is 1. The van der Waals surface area contributed by atoms with Gasteiger partial charge in [-0.1, -0.05) is 19.8 Å². The van der Waals surface area contributed by atoms with Crippen LogP contribution in [0, 0.1) is 17.8 Å². The molecule has 2 aliphatic carbocycles. The van der Waals surface area contributed by atoms with Crippen LogP contribution in [-0.4, -0.2) is 10.2 Å². The molecule has 3 unspecified atom stereocenters. The zero-order valence-electron chi connectivity index (χ0n) is 10.7. The van der Waals surface area contributed by atoms with Crippen LogP contribution in [0.5, 0.6) is 0 Å². The lowest BCUT2D eigenvalue weighted by Gasteiger charge is -2.21. The molecule has 94 valence electrons. The Bertz CT molecular complexity index is 396. The summed E-state index contributed by atoms with van der Waals surface area (Å²) in [5.41, 5.74) is 8.54. The lowest BCUT2D eigenvalue weighted by molar-refractivity contribution is 0.328. The highest BCUT2D eigenvalue weighted by Gasteiger charge is 2.39. The van der Waals surface area contributed by atoms with E-state index in [1.165, 1.54) is 43.4 Å². The van der Waals surface area contributed by atoms with Crippen molar-refractivity contribution < 1.29 is 0 Å². The Morgan fingerprint density at radius 2 is 2.24 bits per heavy atom. The quantitative estimate of drug-likeness (QED) is 0.840. The second kappa shape index (κ2) is 4.35. The number of rotatable bonds is 4. The Kier molecular flexibility index (Phi) is 2.85. The van der Waals surface area contributed by atoms with Crippen LogP contribution in [0.15, 0.2) is 0 Å². The van der Waals surface area contributed by atoms with Gasteiger partial charge in [-0.2, -0.15) is 5.10 Å². The average molecular weight is 233 g/mol. The van der Waals surface area contributed by atoms with E-state index >= 15 is 0 Å². The van der Waals surface area contributed by atoms with Crippen LogP contribution in [0.3, 0.4) is 0 Å². The molecule has 3 atom stereocenters. The van der Waals surface area contributed by atoms with Crippen molar-refractivity contribution in [1.82, 2.24) is 10.2 Å². The van der Waals surface area contributed by atoms with Crippen molar-refractivity contribution in [2.75, 3.05) is 5.73 Å². The minimum atomic E-state index is 0.727. The van der Waals surface area contributed by atoms with Gasteiger partial charge >= 0.3 is 0 Å². The predicted molar refractivity (Wildman–Crippen MR) is 69.6 cm³/mol. The second-order valence-electron chi connectivity index (χ2n) is 5.96. The minimum Gasteiger partial charge on any atom is -0.382 e. The zero-order valence-corrected chi connectivity index (χ0v) is 10.7. The zero-order chi connectivity index (χ0) is 11.8. The van der Waals surface area contributed by atoms with E-state index in [0.29, 0.717) is 0 Å². The van der Waals surface area contributed by atoms with Crippen LogP contribution in [0.4, 0.5) is 5.82 Å². The summed E-state index contributed by atoms with van der Waals surface area (Å²) in [5, 5.41) is 7.36. The van der Waals surface area contributed by atoms with Gasteiger partial charge in [0.2, 0.25) is 0 Å². The van der Waals surface area contributed by atoms with E-state index in [4.69, 9.17) is 5.73 Å². The first kappa shape index (κ1) is 11.1. The molecule has 3 heteroatoms. The lowest BCUT2D eigenvalue weighted by atomic mass is 9.84. The Hall–Kier alpha value is -0.990. The summed E-state index contributed by atoms with van der Waals surface area (Å²) in [5.74, 6) is 3.63. The number of nitrogen functional groups attached to an aromatic ring is 1. The van der Waals surface area contributed by atoms with Gasteiger partial charge in [-0.25, -0.2) is 0 Å². The SMILES string of the molecule is CCCc1c(N)n[nH]c1CC1CC2CCC1C2. The summed E-state index contributed by atoms with van der Waals surface area (Å²) >= 11 is 0. The Balaban J connectivity index is 1.72. The third kappa shape index (κ3) is 1.96. The molecule has 0 amide bonds. The number of hydrogen-bond donors (Lipinski definition) is 2. The molecule has 0 radical (unpaired) electrons. The standard InChI is InChI=1S/C14H23N3/c1-2-3-12-13(16-17-14(12)15)8-11-7-9-4-5-10(11)6-9/h9-11H,2-8H2,1H3,(H3,15,16,17). The maximum Gasteiger partial charge on any atom is 0.148 e. The number of hydrogen-bond acceptors (Lipinski definition) is 2. The van der Waals surface area contributed by atoms with Gasteiger partial charge in [0.25, 0.3) is 0 Å². The molecule has 0 aromatic carbocycles. The van der Waals surface area contributed by atoms with E-state index in [1.807, 2.05) is 0 Å². The van der Waals surface area contributed by atoms with Gasteiger partial charge in [-0.3, -0.25) is 5.10 Å². The number of aromatic amines is 1. The van der Waals surface area contributed by atoms with Gasteiger partial charge < -0.3 is 5.73 Å². The first-order valence-corrected chi connectivity index (χ1v) is 7.09. The highest BCUT2D eigenvalue weighted by molar-refractivity contribution is 5.42. The third-order valence-electron chi connectivity index (χ3n) is 4.84. The maximum absolute atomic E-state index is 5.94. The van der Waals surface area contributed by atoms with Gasteiger partial charge in [0.15, 0.2) is 0 Å². The van der Waals surface area contributed by atoms with E-state index in [1.54, 1.807) is 0 Å². The Labute approximate surface area is 103 Å².